The van der Waals surface area contributed by atoms with Gasteiger partial charge in [0.15, 0.2) is 0 Å². The van der Waals surface area contributed by atoms with Crippen LogP contribution in [-0.4, -0.2) is 11.2 Å². The third-order valence-corrected chi connectivity index (χ3v) is 3.83. The largest absolute Gasteiger partial charge is 0.508 e. The molecule has 0 aromatic heterocycles. The number of amides is 1. The van der Waals surface area contributed by atoms with Crippen LogP contribution in [0.4, 0.5) is 10.5 Å². The Hall–Kier alpha value is -2.49. The molecule has 108 valence electrons. The molecule has 2 N–H and O–H groups in total. The number of nitrogens with one attached hydrogen (secondary N) is 1. The van der Waals surface area contributed by atoms with E-state index in [2.05, 4.69) is 11.4 Å². The Kier molecular flexibility index (Phi) is 3.29. The third kappa shape index (κ3) is 2.70. The normalized spacial score (nSPS) is 13.3. The maximum atomic E-state index is 11.2. The summed E-state index contributed by atoms with van der Waals surface area (Å²) >= 11 is 0. The fourth-order valence-electron chi connectivity index (χ4n) is 2.74. The van der Waals surface area contributed by atoms with Crippen molar-refractivity contribution in [1.29, 1.82) is 0 Å². The summed E-state index contributed by atoms with van der Waals surface area (Å²) in [6.07, 6.45) is 0.389. The second-order valence-electron chi connectivity index (χ2n) is 5.43. The molecule has 2 aromatic carbocycles. The van der Waals surface area contributed by atoms with E-state index in [9.17, 15) is 9.90 Å². The number of aromatic hydroxyl groups is 1. The number of rotatable bonds is 2. The number of carbonyl (C=O) groups excluding carboxylic acids is 1. The number of fused-ring (bicyclic) bond motifs is 1. The lowest BCUT2D eigenvalue weighted by atomic mass is 9.94. The molecule has 3 rings (SSSR count). The molecular weight excluding hydrogens is 266 g/mol. The van der Waals surface area contributed by atoms with Crippen molar-refractivity contribution >= 4 is 11.8 Å². The van der Waals surface area contributed by atoms with Crippen LogP contribution < -0.4 is 5.32 Å². The molecule has 0 atom stereocenters. The highest BCUT2D eigenvalue weighted by Crippen LogP contribution is 2.27. The van der Waals surface area contributed by atoms with Gasteiger partial charge in [-0.25, -0.2) is 4.79 Å². The first-order valence-electron chi connectivity index (χ1n) is 6.87. The van der Waals surface area contributed by atoms with Gasteiger partial charge in [0.1, 0.15) is 12.4 Å². The fourth-order valence-corrected chi connectivity index (χ4v) is 2.74. The zero-order valence-corrected chi connectivity index (χ0v) is 12.1. The summed E-state index contributed by atoms with van der Waals surface area (Å²) in [5, 5.41) is 12.3. The molecule has 0 radical (unpaired) electrons. The minimum Gasteiger partial charge on any atom is -0.508 e. The van der Waals surface area contributed by atoms with Crippen LogP contribution in [0.15, 0.2) is 30.3 Å². The van der Waals surface area contributed by atoms with E-state index in [1.54, 1.807) is 12.1 Å². The van der Waals surface area contributed by atoms with E-state index in [0.29, 0.717) is 12.4 Å². The summed E-state index contributed by atoms with van der Waals surface area (Å²) in [6, 6.07) is 9.54. The summed E-state index contributed by atoms with van der Waals surface area (Å²) in [4.78, 5) is 11.2. The van der Waals surface area contributed by atoms with Gasteiger partial charge in [0, 0.05) is 5.56 Å². The van der Waals surface area contributed by atoms with Crippen molar-refractivity contribution in [3.05, 3.63) is 58.1 Å². The third-order valence-electron chi connectivity index (χ3n) is 3.83. The predicted octanol–water partition coefficient (Wildman–Crippen LogP) is 3.66. The van der Waals surface area contributed by atoms with Gasteiger partial charge in [-0.2, -0.15) is 0 Å². The molecule has 0 bridgehead atoms. The molecule has 0 spiro atoms. The van der Waals surface area contributed by atoms with Crippen LogP contribution in [0.2, 0.25) is 0 Å². The lowest BCUT2D eigenvalue weighted by Gasteiger charge is -2.18. The number of phenols is 1. The van der Waals surface area contributed by atoms with E-state index in [1.807, 2.05) is 26.0 Å². The van der Waals surface area contributed by atoms with Gasteiger partial charge in [-0.3, -0.25) is 5.32 Å². The zero-order chi connectivity index (χ0) is 15.0. The Labute approximate surface area is 123 Å². The Morgan fingerprint density at radius 1 is 1.19 bits per heavy atom. The molecule has 0 fully saturated rings. The average molecular weight is 283 g/mol. The van der Waals surface area contributed by atoms with Gasteiger partial charge in [-0.05, 0) is 66.8 Å². The Bertz CT molecular complexity index is 699. The molecular formula is C17H17NO3. The number of phenolic OH excluding ortho intramolecular Hbond substituents is 1. The first-order valence-corrected chi connectivity index (χ1v) is 6.87. The number of hydrogen-bond acceptors (Lipinski definition) is 3. The van der Waals surface area contributed by atoms with Gasteiger partial charge in [-0.1, -0.05) is 6.07 Å². The van der Waals surface area contributed by atoms with E-state index in [-0.39, 0.29) is 0 Å². The maximum absolute atomic E-state index is 11.2. The molecule has 4 nitrogen and oxygen atoms in total. The van der Waals surface area contributed by atoms with Crippen LogP contribution in [0.5, 0.6) is 5.75 Å². The quantitative estimate of drug-likeness (QED) is 0.884. The van der Waals surface area contributed by atoms with E-state index >= 15 is 0 Å². The van der Waals surface area contributed by atoms with Gasteiger partial charge >= 0.3 is 6.09 Å². The summed E-state index contributed by atoms with van der Waals surface area (Å²) in [7, 11) is 0. The highest BCUT2D eigenvalue weighted by atomic mass is 16.5. The number of cyclic esters (lactones) is 1. The van der Waals surface area contributed by atoms with Crippen LogP contribution in [0.1, 0.15) is 27.8 Å². The highest BCUT2D eigenvalue weighted by Gasteiger charge is 2.16. The average Bonchev–Trinajstić information content (AvgIpc) is 2.43. The highest BCUT2D eigenvalue weighted by molar-refractivity contribution is 5.87. The molecule has 0 saturated heterocycles. The Balaban J connectivity index is 1.91. The molecule has 1 aliphatic rings. The first-order chi connectivity index (χ1) is 10.0. The zero-order valence-electron chi connectivity index (χ0n) is 12.1. The molecule has 1 heterocycles. The second-order valence-corrected chi connectivity index (χ2v) is 5.43. The first kappa shape index (κ1) is 13.5. The van der Waals surface area contributed by atoms with Crippen molar-refractivity contribution in [3.63, 3.8) is 0 Å². The lowest BCUT2D eigenvalue weighted by Crippen LogP contribution is -2.20. The maximum Gasteiger partial charge on any atom is 0.411 e. The Morgan fingerprint density at radius 3 is 2.62 bits per heavy atom. The van der Waals surface area contributed by atoms with Gasteiger partial charge < -0.3 is 9.84 Å². The molecule has 0 unspecified atom stereocenters. The Morgan fingerprint density at radius 2 is 1.90 bits per heavy atom. The second kappa shape index (κ2) is 5.13. The summed E-state index contributed by atoms with van der Waals surface area (Å²) in [6.45, 7) is 4.32. The van der Waals surface area contributed by atoms with Crippen LogP contribution in [-0.2, 0) is 17.8 Å². The summed E-state index contributed by atoms with van der Waals surface area (Å²) < 4.78 is 4.99. The minimum absolute atomic E-state index is 0.301. The van der Waals surface area contributed by atoms with Crippen molar-refractivity contribution < 1.29 is 14.6 Å². The molecule has 2 aromatic rings. The van der Waals surface area contributed by atoms with Crippen molar-refractivity contribution in [2.24, 2.45) is 0 Å². The van der Waals surface area contributed by atoms with Gasteiger partial charge in [-0.15, -0.1) is 0 Å². The topological polar surface area (TPSA) is 58.6 Å². The number of hydrogen-bond donors (Lipinski definition) is 2. The van der Waals surface area contributed by atoms with E-state index in [4.69, 9.17) is 4.74 Å². The van der Waals surface area contributed by atoms with Crippen LogP contribution in [0, 0.1) is 13.8 Å². The van der Waals surface area contributed by atoms with Crippen molar-refractivity contribution in [2.75, 3.05) is 5.32 Å². The van der Waals surface area contributed by atoms with Crippen LogP contribution in [0.25, 0.3) is 0 Å². The molecule has 21 heavy (non-hydrogen) atoms. The number of anilines is 1. The molecule has 4 heteroatoms. The van der Waals surface area contributed by atoms with Crippen LogP contribution >= 0.6 is 0 Å². The van der Waals surface area contributed by atoms with E-state index in [0.717, 1.165) is 34.4 Å². The number of benzene rings is 2. The predicted molar refractivity (Wildman–Crippen MR) is 80.6 cm³/mol. The fraction of sp³-hybridized carbons (Fsp3) is 0.235. The monoisotopic (exact) mass is 283 g/mol. The minimum atomic E-state index is -0.402. The number of aryl methyl sites for hydroxylation is 2. The van der Waals surface area contributed by atoms with Crippen molar-refractivity contribution in [1.82, 2.24) is 0 Å². The molecule has 0 aliphatic carbocycles. The van der Waals surface area contributed by atoms with E-state index in [1.165, 1.54) is 5.56 Å². The van der Waals surface area contributed by atoms with Crippen molar-refractivity contribution in [3.8, 4) is 5.75 Å². The van der Waals surface area contributed by atoms with Gasteiger partial charge in [0.05, 0.1) is 5.69 Å². The SMILES string of the molecule is Cc1cc(O)cc(C)c1Cc1ccc2c(c1)COC(=O)N2. The smallest absolute Gasteiger partial charge is 0.411 e. The van der Waals surface area contributed by atoms with Crippen molar-refractivity contribution in [2.45, 2.75) is 26.9 Å². The summed E-state index contributed by atoms with van der Waals surface area (Å²) in [5.74, 6) is 0.301. The lowest BCUT2D eigenvalue weighted by molar-refractivity contribution is 0.151. The standard InChI is InChI=1S/C17H17NO3/c1-10-5-14(19)6-11(2)15(10)8-12-3-4-16-13(7-12)9-21-17(20)18-16/h3-7,19H,8-9H2,1-2H3,(H,18,20). The molecule has 0 saturated carbocycles. The molecule has 1 amide bonds. The van der Waals surface area contributed by atoms with E-state index < -0.39 is 6.09 Å². The number of ether oxygens (including phenoxy) is 1. The van der Waals surface area contributed by atoms with Crippen LogP contribution in [0.3, 0.4) is 0 Å². The van der Waals surface area contributed by atoms with Gasteiger partial charge in [0.25, 0.3) is 0 Å². The van der Waals surface area contributed by atoms with Gasteiger partial charge in [0.2, 0.25) is 0 Å². The molecule has 1 aliphatic heterocycles. The number of carbonyl (C=O) groups is 1. The summed E-state index contributed by atoms with van der Waals surface area (Å²) in [5.41, 5.74) is 6.33.